The zero-order valence-corrected chi connectivity index (χ0v) is 17.7. The number of anilines is 1. The van der Waals surface area contributed by atoms with Crippen molar-refractivity contribution in [2.45, 2.75) is 16.7 Å². The van der Waals surface area contributed by atoms with Crippen LogP contribution in [0.2, 0.25) is 0 Å². The molecule has 3 aromatic rings. The second-order valence-electron chi connectivity index (χ2n) is 6.53. The number of hydrogen-bond acceptors (Lipinski definition) is 6. The molecule has 2 aromatic carbocycles. The number of hydrogen-bond donors (Lipinski definition) is 0. The van der Waals surface area contributed by atoms with Gasteiger partial charge in [-0.1, -0.05) is 29.0 Å². The molecule has 0 saturated carbocycles. The van der Waals surface area contributed by atoms with Gasteiger partial charge in [0.05, 0.1) is 15.1 Å². The van der Waals surface area contributed by atoms with Gasteiger partial charge in [-0.05, 0) is 43.5 Å². The summed E-state index contributed by atoms with van der Waals surface area (Å²) in [6, 6.07) is 13.4. The number of fused-ring (bicyclic) bond motifs is 1. The number of piperazine rings is 1. The monoisotopic (exact) mass is 419 g/mol. The van der Waals surface area contributed by atoms with Crippen LogP contribution in [-0.2, 0) is 10.0 Å². The molecule has 0 unspecified atom stereocenters. The zero-order valence-electron chi connectivity index (χ0n) is 15.3. The topological polar surface area (TPSA) is 53.5 Å². The van der Waals surface area contributed by atoms with Crippen molar-refractivity contribution in [2.75, 3.05) is 37.3 Å². The van der Waals surface area contributed by atoms with E-state index >= 15 is 0 Å². The summed E-state index contributed by atoms with van der Waals surface area (Å²) in [5.41, 5.74) is 2.06. The Morgan fingerprint density at radius 1 is 1.04 bits per heavy atom. The van der Waals surface area contributed by atoms with Crippen LogP contribution in [0.15, 0.2) is 52.3 Å². The SMILES string of the molecule is CSc1ccc2nc(N3CCN(S(=O)(=O)c4ccc(C)cc4)CC3)sc2c1. The number of thioether (sulfide) groups is 1. The Balaban J connectivity index is 1.49. The fourth-order valence-electron chi connectivity index (χ4n) is 3.13. The minimum absolute atomic E-state index is 0.367. The summed E-state index contributed by atoms with van der Waals surface area (Å²) in [7, 11) is -3.43. The van der Waals surface area contributed by atoms with Crippen LogP contribution >= 0.6 is 23.1 Å². The molecule has 27 heavy (non-hydrogen) atoms. The predicted molar refractivity (Wildman–Crippen MR) is 114 cm³/mol. The van der Waals surface area contributed by atoms with Crippen molar-refractivity contribution in [3.05, 3.63) is 48.0 Å². The summed E-state index contributed by atoms with van der Waals surface area (Å²) in [6.07, 6.45) is 2.07. The molecule has 8 heteroatoms. The molecular formula is C19H21N3O2S3. The fourth-order valence-corrected chi connectivity index (χ4v) is 6.13. The number of benzene rings is 2. The van der Waals surface area contributed by atoms with Crippen LogP contribution in [-0.4, -0.2) is 50.1 Å². The normalized spacial score (nSPS) is 16.1. The largest absolute Gasteiger partial charge is 0.345 e. The number of sulfonamides is 1. The molecule has 1 fully saturated rings. The van der Waals surface area contributed by atoms with Gasteiger partial charge in [0.25, 0.3) is 0 Å². The van der Waals surface area contributed by atoms with Gasteiger partial charge < -0.3 is 4.90 Å². The lowest BCUT2D eigenvalue weighted by molar-refractivity contribution is 0.385. The number of aryl methyl sites for hydroxylation is 1. The number of thiazole rings is 1. The van der Waals surface area contributed by atoms with Crippen LogP contribution in [0.4, 0.5) is 5.13 Å². The molecule has 5 nitrogen and oxygen atoms in total. The van der Waals surface area contributed by atoms with Crippen LogP contribution in [0, 0.1) is 6.92 Å². The average molecular weight is 420 g/mol. The Bertz CT molecular complexity index is 1050. The maximum Gasteiger partial charge on any atom is 0.243 e. The number of nitrogens with zero attached hydrogens (tertiary/aromatic N) is 3. The van der Waals surface area contributed by atoms with Gasteiger partial charge in [0.2, 0.25) is 10.0 Å². The molecule has 1 saturated heterocycles. The smallest absolute Gasteiger partial charge is 0.243 e. The third-order valence-corrected chi connectivity index (χ3v) is 8.47. The molecule has 0 bridgehead atoms. The Labute approximate surface area is 168 Å². The fraction of sp³-hybridized carbons (Fsp3) is 0.316. The molecule has 0 spiro atoms. The van der Waals surface area contributed by atoms with Crippen molar-refractivity contribution in [3.8, 4) is 0 Å². The third kappa shape index (κ3) is 3.71. The minimum atomic E-state index is -3.43. The predicted octanol–water partition coefficient (Wildman–Crippen LogP) is 3.84. The first-order valence-electron chi connectivity index (χ1n) is 8.74. The van der Waals surface area contributed by atoms with Gasteiger partial charge in [-0.2, -0.15) is 4.31 Å². The van der Waals surface area contributed by atoms with Gasteiger partial charge in [0.15, 0.2) is 5.13 Å². The van der Waals surface area contributed by atoms with Crippen LogP contribution in [0.1, 0.15) is 5.56 Å². The number of aromatic nitrogens is 1. The summed E-state index contributed by atoms with van der Waals surface area (Å²) in [5.74, 6) is 0. The molecule has 0 N–H and O–H groups in total. The maximum absolute atomic E-state index is 12.8. The van der Waals surface area contributed by atoms with E-state index in [-0.39, 0.29) is 0 Å². The second kappa shape index (κ2) is 7.43. The van der Waals surface area contributed by atoms with E-state index in [1.165, 1.54) is 9.60 Å². The zero-order chi connectivity index (χ0) is 19.0. The summed E-state index contributed by atoms with van der Waals surface area (Å²) in [4.78, 5) is 8.51. The molecule has 0 atom stereocenters. The molecule has 1 aliphatic heterocycles. The second-order valence-corrected chi connectivity index (χ2v) is 10.4. The third-order valence-electron chi connectivity index (χ3n) is 4.75. The summed E-state index contributed by atoms with van der Waals surface area (Å²) >= 11 is 3.40. The first kappa shape index (κ1) is 18.7. The highest BCUT2D eigenvalue weighted by Crippen LogP contribution is 2.32. The van der Waals surface area contributed by atoms with E-state index in [1.54, 1.807) is 39.5 Å². The Morgan fingerprint density at radius 3 is 2.41 bits per heavy atom. The highest BCUT2D eigenvalue weighted by atomic mass is 32.2. The van der Waals surface area contributed by atoms with E-state index in [0.29, 0.717) is 31.1 Å². The molecular weight excluding hydrogens is 398 g/mol. The molecule has 142 valence electrons. The van der Waals surface area contributed by atoms with Crippen LogP contribution in [0.25, 0.3) is 10.2 Å². The van der Waals surface area contributed by atoms with Gasteiger partial charge in [0, 0.05) is 31.1 Å². The summed E-state index contributed by atoms with van der Waals surface area (Å²) < 4.78 is 28.4. The number of rotatable bonds is 4. The standard InChI is InChI=1S/C19H21N3O2S3/c1-14-3-6-16(7-4-14)27(23,24)22-11-9-21(10-12-22)19-20-17-8-5-15(25-2)13-18(17)26-19/h3-8,13H,9-12H2,1-2H3. The van der Waals surface area contributed by atoms with Crippen LogP contribution < -0.4 is 4.90 Å². The van der Waals surface area contributed by atoms with Crippen LogP contribution in [0.3, 0.4) is 0 Å². The Kier molecular flexibility index (Phi) is 5.15. The quantitative estimate of drug-likeness (QED) is 0.602. The van der Waals surface area contributed by atoms with Gasteiger partial charge in [-0.25, -0.2) is 13.4 Å². The van der Waals surface area contributed by atoms with Gasteiger partial charge in [-0.3, -0.25) is 0 Å². The van der Waals surface area contributed by atoms with E-state index in [1.807, 2.05) is 19.1 Å². The molecule has 1 aliphatic rings. The lowest BCUT2D eigenvalue weighted by atomic mass is 10.2. The van der Waals surface area contributed by atoms with Crippen molar-refractivity contribution in [1.82, 2.24) is 9.29 Å². The summed E-state index contributed by atoms with van der Waals surface area (Å²) in [5, 5.41) is 0.968. The summed E-state index contributed by atoms with van der Waals surface area (Å²) in [6.45, 7) is 4.21. The first-order valence-corrected chi connectivity index (χ1v) is 12.2. The minimum Gasteiger partial charge on any atom is -0.345 e. The highest BCUT2D eigenvalue weighted by Gasteiger charge is 2.29. The lowest BCUT2D eigenvalue weighted by Crippen LogP contribution is -2.48. The van der Waals surface area contributed by atoms with Gasteiger partial charge >= 0.3 is 0 Å². The molecule has 0 radical (unpaired) electrons. The van der Waals surface area contributed by atoms with E-state index in [4.69, 9.17) is 4.98 Å². The molecule has 4 rings (SSSR count). The Morgan fingerprint density at radius 2 is 1.74 bits per heavy atom. The van der Waals surface area contributed by atoms with E-state index in [9.17, 15) is 8.42 Å². The Hall–Kier alpha value is -1.61. The lowest BCUT2D eigenvalue weighted by Gasteiger charge is -2.33. The maximum atomic E-state index is 12.8. The van der Waals surface area contributed by atoms with Gasteiger partial charge in [0.1, 0.15) is 0 Å². The highest BCUT2D eigenvalue weighted by molar-refractivity contribution is 7.98. The van der Waals surface area contributed by atoms with Gasteiger partial charge in [-0.15, -0.1) is 11.8 Å². The van der Waals surface area contributed by atoms with Crippen molar-refractivity contribution in [2.24, 2.45) is 0 Å². The van der Waals surface area contributed by atoms with Crippen molar-refractivity contribution >= 4 is 48.5 Å². The average Bonchev–Trinajstić information content (AvgIpc) is 3.11. The van der Waals surface area contributed by atoms with E-state index in [2.05, 4.69) is 29.4 Å². The molecule has 0 amide bonds. The molecule has 1 aromatic heterocycles. The van der Waals surface area contributed by atoms with E-state index in [0.717, 1.165) is 16.2 Å². The van der Waals surface area contributed by atoms with Crippen LogP contribution in [0.5, 0.6) is 0 Å². The van der Waals surface area contributed by atoms with Crippen molar-refractivity contribution in [1.29, 1.82) is 0 Å². The molecule has 2 heterocycles. The molecule has 0 aliphatic carbocycles. The van der Waals surface area contributed by atoms with E-state index < -0.39 is 10.0 Å². The first-order chi connectivity index (χ1) is 13.0. The van der Waals surface area contributed by atoms with Crippen molar-refractivity contribution < 1.29 is 8.42 Å². The van der Waals surface area contributed by atoms with Crippen molar-refractivity contribution in [3.63, 3.8) is 0 Å².